The first-order valence-electron chi connectivity index (χ1n) is 5.94. The number of halogens is 3. The second-order valence-electron chi connectivity index (χ2n) is 4.21. The van der Waals surface area contributed by atoms with Crippen molar-refractivity contribution in [1.82, 2.24) is 0 Å². The number of alkyl halides is 3. The largest absolute Gasteiger partial charge is 0.508 e. The molecule has 2 aromatic carbocycles. The van der Waals surface area contributed by atoms with Crippen LogP contribution in [0, 0.1) is 0 Å². The van der Waals surface area contributed by atoms with Gasteiger partial charge in [-0.15, -0.1) is 0 Å². The lowest BCUT2D eigenvalue weighted by Gasteiger charge is -2.13. The average molecular weight is 315 g/mol. The molecule has 0 saturated carbocycles. The molecule has 0 aliphatic heterocycles. The van der Waals surface area contributed by atoms with Gasteiger partial charge in [0.2, 0.25) is 0 Å². The highest BCUT2D eigenvalue weighted by atomic mass is 32.2. The maximum atomic E-state index is 12.5. The standard InChI is InChI=1S/C14H12F3NO2S/c15-14(16,17)21-13-4-2-1-3-11(13)18-8-9-5-6-10(19)7-12(9)20/h1-7,18-20H,8H2. The van der Waals surface area contributed by atoms with Crippen molar-refractivity contribution in [2.45, 2.75) is 16.9 Å². The van der Waals surface area contributed by atoms with Crippen molar-refractivity contribution in [2.24, 2.45) is 0 Å². The van der Waals surface area contributed by atoms with Crippen LogP contribution in [0.3, 0.4) is 0 Å². The van der Waals surface area contributed by atoms with E-state index in [4.69, 9.17) is 0 Å². The summed E-state index contributed by atoms with van der Waals surface area (Å²) in [5.74, 6) is -0.201. The molecule has 3 N–H and O–H groups in total. The van der Waals surface area contributed by atoms with Gasteiger partial charge < -0.3 is 15.5 Å². The minimum absolute atomic E-state index is 0.0586. The van der Waals surface area contributed by atoms with Crippen molar-refractivity contribution in [1.29, 1.82) is 0 Å². The predicted molar refractivity (Wildman–Crippen MR) is 75.5 cm³/mol. The fraction of sp³-hybridized carbons (Fsp3) is 0.143. The molecule has 0 bridgehead atoms. The summed E-state index contributed by atoms with van der Waals surface area (Å²) in [6, 6.07) is 10.1. The highest BCUT2D eigenvalue weighted by molar-refractivity contribution is 8.00. The Hall–Kier alpha value is -2.02. The molecular weight excluding hydrogens is 303 g/mol. The lowest BCUT2D eigenvalue weighted by atomic mass is 10.2. The molecule has 0 aliphatic carbocycles. The summed E-state index contributed by atoms with van der Waals surface area (Å²) in [6.07, 6.45) is 0. The number of benzene rings is 2. The predicted octanol–water partition coefficient (Wildman–Crippen LogP) is 4.32. The van der Waals surface area contributed by atoms with Crippen molar-refractivity contribution in [2.75, 3.05) is 5.32 Å². The molecular formula is C14H12F3NO2S. The highest BCUT2D eigenvalue weighted by Crippen LogP contribution is 2.40. The number of thioether (sulfide) groups is 1. The van der Waals surface area contributed by atoms with Crippen LogP contribution in [-0.4, -0.2) is 15.7 Å². The Morgan fingerprint density at radius 2 is 1.76 bits per heavy atom. The van der Waals surface area contributed by atoms with Gasteiger partial charge in [-0.1, -0.05) is 12.1 Å². The van der Waals surface area contributed by atoms with Gasteiger partial charge in [-0.2, -0.15) is 13.2 Å². The topological polar surface area (TPSA) is 52.5 Å². The number of hydrogen-bond acceptors (Lipinski definition) is 4. The second-order valence-corrected chi connectivity index (χ2v) is 5.32. The third-order valence-corrected chi connectivity index (χ3v) is 3.46. The Labute approximate surface area is 123 Å². The normalized spacial score (nSPS) is 11.4. The van der Waals surface area contributed by atoms with E-state index in [-0.39, 0.29) is 34.7 Å². The van der Waals surface area contributed by atoms with Gasteiger partial charge in [-0.05, 0) is 36.0 Å². The Bertz CT molecular complexity index is 632. The molecule has 7 heteroatoms. The number of phenolic OH excluding ortho intramolecular Hbond substituents is 2. The van der Waals surface area contributed by atoms with Crippen molar-refractivity contribution in [3.05, 3.63) is 48.0 Å². The molecule has 0 radical (unpaired) electrons. The molecule has 2 aromatic rings. The summed E-state index contributed by atoms with van der Waals surface area (Å²) in [4.78, 5) is 0.0586. The lowest BCUT2D eigenvalue weighted by molar-refractivity contribution is -0.0327. The first-order valence-corrected chi connectivity index (χ1v) is 6.76. The molecule has 112 valence electrons. The second kappa shape index (κ2) is 6.17. The summed E-state index contributed by atoms with van der Waals surface area (Å²) in [7, 11) is 0. The van der Waals surface area contributed by atoms with E-state index in [9.17, 15) is 23.4 Å². The van der Waals surface area contributed by atoms with Crippen LogP contribution >= 0.6 is 11.8 Å². The van der Waals surface area contributed by atoms with E-state index >= 15 is 0 Å². The van der Waals surface area contributed by atoms with Crippen LogP contribution in [0.15, 0.2) is 47.4 Å². The molecule has 0 amide bonds. The summed E-state index contributed by atoms with van der Waals surface area (Å²) < 4.78 is 37.4. The minimum Gasteiger partial charge on any atom is -0.508 e. The Morgan fingerprint density at radius 3 is 2.43 bits per heavy atom. The monoisotopic (exact) mass is 315 g/mol. The van der Waals surface area contributed by atoms with Crippen LogP contribution in [0.5, 0.6) is 11.5 Å². The molecule has 0 aliphatic rings. The van der Waals surface area contributed by atoms with Gasteiger partial charge in [0, 0.05) is 28.8 Å². The number of rotatable bonds is 4. The summed E-state index contributed by atoms with van der Waals surface area (Å²) in [5, 5.41) is 21.7. The lowest BCUT2D eigenvalue weighted by Crippen LogP contribution is -2.04. The molecule has 0 atom stereocenters. The first kappa shape index (κ1) is 15.4. The number of aromatic hydroxyl groups is 2. The van der Waals surface area contributed by atoms with Gasteiger partial charge in [0.15, 0.2) is 0 Å². The average Bonchev–Trinajstić information content (AvgIpc) is 2.37. The molecule has 0 heterocycles. The van der Waals surface area contributed by atoms with E-state index in [0.29, 0.717) is 11.3 Å². The van der Waals surface area contributed by atoms with Gasteiger partial charge in [-0.25, -0.2) is 0 Å². The first-order chi connectivity index (χ1) is 9.85. The van der Waals surface area contributed by atoms with Gasteiger partial charge in [-0.3, -0.25) is 0 Å². The minimum atomic E-state index is -4.36. The molecule has 0 aromatic heterocycles. The van der Waals surface area contributed by atoms with Gasteiger partial charge in [0.1, 0.15) is 11.5 Å². The fourth-order valence-corrected chi connectivity index (χ4v) is 2.36. The van der Waals surface area contributed by atoms with Crippen molar-refractivity contribution < 1.29 is 23.4 Å². The van der Waals surface area contributed by atoms with Gasteiger partial charge in [0.05, 0.1) is 0 Å². The summed E-state index contributed by atoms with van der Waals surface area (Å²) >= 11 is -0.196. The fourth-order valence-electron chi connectivity index (χ4n) is 1.72. The smallest absolute Gasteiger partial charge is 0.446 e. The number of phenols is 2. The quantitative estimate of drug-likeness (QED) is 0.735. The van der Waals surface area contributed by atoms with Crippen LogP contribution in [-0.2, 0) is 6.54 Å². The third kappa shape index (κ3) is 4.49. The Morgan fingerprint density at radius 1 is 1.05 bits per heavy atom. The molecule has 0 spiro atoms. The number of anilines is 1. The molecule has 0 fully saturated rings. The maximum absolute atomic E-state index is 12.5. The van der Waals surface area contributed by atoms with E-state index in [1.54, 1.807) is 6.07 Å². The number of para-hydroxylation sites is 1. The molecule has 21 heavy (non-hydrogen) atoms. The Balaban J connectivity index is 2.13. The van der Waals surface area contributed by atoms with Gasteiger partial charge >= 0.3 is 5.51 Å². The van der Waals surface area contributed by atoms with E-state index in [2.05, 4.69) is 5.32 Å². The highest BCUT2D eigenvalue weighted by Gasteiger charge is 2.30. The number of nitrogens with one attached hydrogen (secondary N) is 1. The molecule has 3 nitrogen and oxygen atoms in total. The third-order valence-electron chi connectivity index (χ3n) is 2.65. The van der Waals surface area contributed by atoms with Crippen LogP contribution < -0.4 is 5.32 Å². The van der Waals surface area contributed by atoms with Crippen LogP contribution in [0.25, 0.3) is 0 Å². The van der Waals surface area contributed by atoms with E-state index in [1.807, 2.05) is 0 Å². The van der Waals surface area contributed by atoms with E-state index in [0.717, 1.165) is 0 Å². The maximum Gasteiger partial charge on any atom is 0.446 e. The molecule has 0 saturated heterocycles. The van der Waals surface area contributed by atoms with Crippen molar-refractivity contribution in [3.8, 4) is 11.5 Å². The van der Waals surface area contributed by atoms with Crippen LogP contribution in [0.1, 0.15) is 5.56 Å². The van der Waals surface area contributed by atoms with E-state index < -0.39 is 5.51 Å². The van der Waals surface area contributed by atoms with Crippen LogP contribution in [0.2, 0.25) is 0 Å². The Kier molecular flexibility index (Phi) is 4.52. The van der Waals surface area contributed by atoms with Crippen molar-refractivity contribution >= 4 is 17.4 Å². The number of hydrogen-bond donors (Lipinski definition) is 3. The van der Waals surface area contributed by atoms with Gasteiger partial charge in [0.25, 0.3) is 0 Å². The van der Waals surface area contributed by atoms with E-state index in [1.165, 1.54) is 36.4 Å². The van der Waals surface area contributed by atoms with Crippen molar-refractivity contribution in [3.63, 3.8) is 0 Å². The van der Waals surface area contributed by atoms with Crippen LogP contribution in [0.4, 0.5) is 18.9 Å². The molecule has 2 rings (SSSR count). The zero-order valence-corrected chi connectivity index (χ0v) is 11.5. The SMILES string of the molecule is Oc1ccc(CNc2ccccc2SC(F)(F)F)c(O)c1. The summed E-state index contributed by atoms with van der Waals surface area (Å²) in [5.41, 5.74) is -3.56. The zero-order chi connectivity index (χ0) is 15.5. The molecule has 0 unspecified atom stereocenters. The summed E-state index contributed by atoms with van der Waals surface area (Å²) in [6.45, 7) is 0.140. The zero-order valence-electron chi connectivity index (χ0n) is 10.7.